The maximum Gasteiger partial charge on any atom is 0.321 e. The van der Waals surface area contributed by atoms with Gasteiger partial charge in [0.2, 0.25) is 0 Å². The summed E-state index contributed by atoms with van der Waals surface area (Å²) in [4.78, 5) is 32.4. The van der Waals surface area contributed by atoms with Crippen molar-refractivity contribution in [2.45, 2.75) is 36.6 Å². The van der Waals surface area contributed by atoms with Crippen LogP contribution in [0.25, 0.3) is 0 Å². The second-order valence-electron chi connectivity index (χ2n) is 9.44. The summed E-state index contributed by atoms with van der Waals surface area (Å²) >= 11 is 1.59. The molecule has 2 heterocycles. The van der Waals surface area contributed by atoms with E-state index in [1.54, 1.807) is 11.8 Å². The molecule has 5 nitrogen and oxygen atoms in total. The summed E-state index contributed by atoms with van der Waals surface area (Å²) in [6.07, 6.45) is 1.15. The average Bonchev–Trinajstić information content (AvgIpc) is 2.94. The van der Waals surface area contributed by atoms with Gasteiger partial charge in [0.25, 0.3) is 5.91 Å². The lowest BCUT2D eigenvalue weighted by atomic mass is 9.92. The number of likely N-dealkylation sites (tertiary alicyclic amines) is 1. The van der Waals surface area contributed by atoms with Crippen LogP contribution in [0.2, 0.25) is 0 Å². The van der Waals surface area contributed by atoms with Crippen molar-refractivity contribution in [1.82, 2.24) is 4.90 Å². The molecule has 6 heteroatoms. The van der Waals surface area contributed by atoms with Gasteiger partial charge in [-0.05, 0) is 54.2 Å². The molecule has 1 fully saturated rings. The standard InChI is InChI=1S/C28H29N3O2S/c1-19-14-20(2)17-30(16-19)28(33)29-22-12-13-26-24(15-22)31(18-21-8-4-3-5-9-21)27(32)23-10-6-7-11-25(23)34-26/h3-13,15,19-20H,14,16-18H2,1-2H3,(H,29,33). The number of amides is 3. The van der Waals surface area contributed by atoms with Crippen molar-refractivity contribution < 1.29 is 9.59 Å². The van der Waals surface area contributed by atoms with Gasteiger partial charge in [-0.3, -0.25) is 4.79 Å². The van der Waals surface area contributed by atoms with E-state index in [0.29, 0.717) is 29.6 Å². The van der Waals surface area contributed by atoms with Crippen molar-refractivity contribution in [2.24, 2.45) is 11.8 Å². The van der Waals surface area contributed by atoms with E-state index in [4.69, 9.17) is 0 Å². The Hall–Kier alpha value is -3.25. The van der Waals surface area contributed by atoms with Crippen LogP contribution in [-0.4, -0.2) is 29.9 Å². The van der Waals surface area contributed by atoms with Crippen LogP contribution in [0.3, 0.4) is 0 Å². The zero-order valence-electron chi connectivity index (χ0n) is 19.5. The summed E-state index contributed by atoms with van der Waals surface area (Å²) in [6, 6.07) is 23.5. The molecule has 0 saturated carbocycles. The first-order chi connectivity index (χ1) is 16.5. The number of carbonyl (C=O) groups excluding carboxylic acids is 2. The molecule has 1 N–H and O–H groups in total. The first-order valence-electron chi connectivity index (χ1n) is 11.8. The van der Waals surface area contributed by atoms with E-state index in [-0.39, 0.29) is 11.9 Å². The molecule has 3 aromatic carbocycles. The van der Waals surface area contributed by atoms with Crippen molar-refractivity contribution in [3.63, 3.8) is 0 Å². The second kappa shape index (κ2) is 9.55. The minimum absolute atomic E-state index is 0.0344. The van der Waals surface area contributed by atoms with Crippen LogP contribution in [0.15, 0.2) is 82.6 Å². The quantitative estimate of drug-likeness (QED) is 0.474. The number of anilines is 2. The molecule has 0 bridgehead atoms. The van der Waals surface area contributed by atoms with Crippen molar-refractivity contribution in [1.29, 1.82) is 0 Å². The van der Waals surface area contributed by atoms with Crippen molar-refractivity contribution in [3.8, 4) is 0 Å². The molecule has 2 atom stereocenters. The second-order valence-corrected chi connectivity index (χ2v) is 10.5. The lowest BCUT2D eigenvalue weighted by molar-refractivity contribution is 0.0982. The number of nitrogens with one attached hydrogen (secondary N) is 1. The Morgan fingerprint density at radius 1 is 0.941 bits per heavy atom. The van der Waals surface area contributed by atoms with Gasteiger partial charge in [-0.15, -0.1) is 0 Å². The van der Waals surface area contributed by atoms with E-state index in [9.17, 15) is 9.59 Å². The van der Waals surface area contributed by atoms with Crippen molar-refractivity contribution >= 4 is 35.1 Å². The molecular formula is C28H29N3O2S. The zero-order chi connectivity index (χ0) is 23.7. The van der Waals surface area contributed by atoms with Gasteiger partial charge < -0.3 is 15.1 Å². The number of rotatable bonds is 3. The fourth-order valence-corrected chi connectivity index (χ4v) is 6.01. The summed E-state index contributed by atoms with van der Waals surface area (Å²) < 4.78 is 0. The molecule has 3 amide bonds. The predicted molar refractivity (Wildman–Crippen MR) is 137 cm³/mol. The first kappa shape index (κ1) is 22.5. The molecule has 2 aliphatic heterocycles. The van der Waals surface area contributed by atoms with E-state index >= 15 is 0 Å². The maximum absolute atomic E-state index is 13.7. The Morgan fingerprint density at radius 3 is 2.41 bits per heavy atom. The number of carbonyl (C=O) groups is 2. The highest BCUT2D eigenvalue weighted by molar-refractivity contribution is 7.99. The Balaban J connectivity index is 1.48. The molecule has 0 spiro atoms. The van der Waals surface area contributed by atoms with Gasteiger partial charge in [0.05, 0.1) is 17.8 Å². The van der Waals surface area contributed by atoms with Gasteiger partial charge in [-0.1, -0.05) is 68.1 Å². The number of fused-ring (bicyclic) bond motifs is 2. The summed E-state index contributed by atoms with van der Waals surface area (Å²) in [5, 5.41) is 3.08. The fourth-order valence-electron chi connectivity index (χ4n) is 4.95. The maximum atomic E-state index is 13.7. The third-order valence-corrected chi connectivity index (χ3v) is 7.56. The summed E-state index contributed by atoms with van der Waals surface area (Å²) in [6.45, 7) is 6.39. The topological polar surface area (TPSA) is 52.7 Å². The Morgan fingerprint density at radius 2 is 1.65 bits per heavy atom. The van der Waals surface area contributed by atoms with E-state index in [2.05, 4.69) is 19.2 Å². The molecule has 2 unspecified atom stereocenters. The lowest BCUT2D eigenvalue weighted by Gasteiger charge is -2.35. The van der Waals surface area contributed by atoms with E-state index < -0.39 is 0 Å². The number of hydrogen-bond acceptors (Lipinski definition) is 3. The van der Waals surface area contributed by atoms with E-state index in [1.807, 2.05) is 82.6 Å². The van der Waals surface area contributed by atoms with Gasteiger partial charge in [0, 0.05) is 28.6 Å². The van der Waals surface area contributed by atoms with Crippen molar-refractivity contribution in [3.05, 3.63) is 83.9 Å². The van der Waals surface area contributed by atoms with Crippen LogP contribution >= 0.6 is 11.8 Å². The largest absolute Gasteiger partial charge is 0.324 e. The van der Waals surface area contributed by atoms with Crippen LogP contribution in [-0.2, 0) is 6.54 Å². The normalized spacial score (nSPS) is 19.8. The molecule has 5 rings (SSSR count). The summed E-state index contributed by atoms with van der Waals surface area (Å²) in [5.41, 5.74) is 3.26. The first-order valence-corrected chi connectivity index (χ1v) is 12.6. The summed E-state index contributed by atoms with van der Waals surface area (Å²) in [5.74, 6) is 0.957. The predicted octanol–water partition coefficient (Wildman–Crippen LogP) is 6.51. The molecule has 0 radical (unpaired) electrons. The summed E-state index contributed by atoms with van der Waals surface area (Å²) in [7, 11) is 0. The van der Waals surface area contributed by atoms with Gasteiger partial charge in [0.15, 0.2) is 0 Å². The molecule has 0 aliphatic carbocycles. The Kier molecular flexibility index (Phi) is 6.33. The van der Waals surface area contributed by atoms with Gasteiger partial charge >= 0.3 is 6.03 Å². The van der Waals surface area contributed by atoms with Crippen LogP contribution in [0.4, 0.5) is 16.2 Å². The fraction of sp³-hybridized carbons (Fsp3) is 0.286. The van der Waals surface area contributed by atoms with Gasteiger partial charge in [-0.25, -0.2) is 4.79 Å². The zero-order valence-corrected chi connectivity index (χ0v) is 20.3. The molecule has 34 heavy (non-hydrogen) atoms. The van der Waals surface area contributed by atoms with Gasteiger partial charge in [0.1, 0.15) is 0 Å². The highest BCUT2D eigenvalue weighted by Crippen LogP contribution is 2.43. The highest BCUT2D eigenvalue weighted by atomic mass is 32.2. The van der Waals surface area contributed by atoms with Gasteiger partial charge in [-0.2, -0.15) is 0 Å². The third kappa shape index (κ3) is 4.68. The van der Waals surface area contributed by atoms with Crippen LogP contribution < -0.4 is 10.2 Å². The third-order valence-electron chi connectivity index (χ3n) is 6.42. The Labute approximate surface area is 205 Å². The van der Waals surface area contributed by atoms with Crippen LogP contribution in [0.5, 0.6) is 0 Å². The van der Waals surface area contributed by atoms with Crippen LogP contribution in [0, 0.1) is 11.8 Å². The minimum atomic E-state index is -0.0798. The van der Waals surface area contributed by atoms with E-state index in [1.165, 1.54) is 0 Å². The smallest absolute Gasteiger partial charge is 0.321 e. The molecule has 0 aromatic heterocycles. The van der Waals surface area contributed by atoms with E-state index in [0.717, 1.165) is 40.6 Å². The minimum Gasteiger partial charge on any atom is -0.324 e. The number of nitrogens with zero attached hydrogens (tertiary/aromatic N) is 2. The Bertz CT molecular complexity index is 1200. The molecule has 3 aromatic rings. The lowest BCUT2D eigenvalue weighted by Crippen LogP contribution is -2.44. The average molecular weight is 472 g/mol. The van der Waals surface area contributed by atoms with Crippen molar-refractivity contribution in [2.75, 3.05) is 23.3 Å². The van der Waals surface area contributed by atoms with Crippen LogP contribution in [0.1, 0.15) is 36.2 Å². The molecule has 1 saturated heterocycles. The number of benzene rings is 3. The monoisotopic (exact) mass is 471 g/mol. The SMILES string of the molecule is CC1CC(C)CN(C(=O)Nc2ccc3c(c2)N(Cc2ccccc2)C(=O)c2ccccc2S3)C1. The number of urea groups is 1. The number of hydrogen-bond donors (Lipinski definition) is 1. The number of piperidine rings is 1. The molecule has 174 valence electrons. The molecule has 2 aliphatic rings. The highest BCUT2D eigenvalue weighted by Gasteiger charge is 2.29. The molecular weight excluding hydrogens is 442 g/mol.